The molecule has 0 bridgehead atoms. The second kappa shape index (κ2) is 7.51. The number of ether oxygens (including phenoxy) is 1. The number of halogens is 2. The van der Waals surface area contributed by atoms with Crippen molar-refractivity contribution >= 4 is 34.8 Å². The zero-order chi connectivity index (χ0) is 16.8. The largest absolute Gasteiger partial charge is 0.482 e. The number of carbonyl (C=O) groups excluding carboxylic acids is 1. The molecule has 1 N–H and O–H groups in total. The number of rotatable bonds is 4. The van der Waals surface area contributed by atoms with Gasteiger partial charge in [0.25, 0.3) is 5.91 Å². The van der Waals surface area contributed by atoms with E-state index in [0.717, 1.165) is 0 Å². The van der Waals surface area contributed by atoms with Gasteiger partial charge in [-0.15, -0.1) is 0 Å². The number of anilines is 1. The van der Waals surface area contributed by atoms with Crippen molar-refractivity contribution in [3.05, 3.63) is 57.6 Å². The second-order valence-electron chi connectivity index (χ2n) is 4.40. The van der Waals surface area contributed by atoms with Crippen LogP contribution in [0.25, 0.3) is 0 Å². The maximum absolute atomic E-state index is 11.8. The summed E-state index contributed by atoms with van der Waals surface area (Å²) < 4.78 is 5.31. The predicted molar refractivity (Wildman–Crippen MR) is 86.5 cm³/mol. The smallest absolute Gasteiger partial charge is 0.262 e. The number of hydrogen-bond donors (Lipinski definition) is 1. The van der Waals surface area contributed by atoms with Gasteiger partial charge in [0, 0.05) is 5.69 Å². The van der Waals surface area contributed by atoms with Gasteiger partial charge >= 0.3 is 0 Å². The summed E-state index contributed by atoms with van der Waals surface area (Å²) in [6.07, 6.45) is 0. The van der Waals surface area contributed by atoms with Crippen molar-refractivity contribution in [1.82, 2.24) is 0 Å². The van der Waals surface area contributed by atoms with Crippen LogP contribution >= 0.6 is 23.2 Å². The summed E-state index contributed by atoms with van der Waals surface area (Å²) in [5.41, 5.74) is 1.18. The Morgan fingerprint density at radius 1 is 1.09 bits per heavy atom. The molecule has 23 heavy (non-hydrogen) atoms. The third-order valence-corrected chi connectivity index (χ3v) is 3.40. The molecule has 0 heterocycles. The van der Waals surface area contributed by atoms with Gasteiger partial charge in [0.05, 0.1) is 27.2 Å². The molecule has 2 aromatic rings. The number of benzene rings is 2. The number of nitrogens with one attached hydrogen (secondary N) is 1. The van der Waals surface area contributed by atoms with E-state index in [4.69, 9.17) is 38.5 Å². The normalized spacial score (nSPS) is 9.57. The Morgan fingerprint density at radius 2 is 1.87 bits per heavy atom. The molecule has 0 atom stereocenters. The zero-order valence-corrected chi connectivity index (χ0v) is 13.1. The molecule has 0 fully saturated rings. The van der Waals surface area contributed by atoms with Gasteiger partial charge in [-0.1, -0.05) is 23.2 Å². The van der Waals surface area contributed by atoms with E-state index in [1.165, 1.54) is 24.3 Å². The van der Waals surface area contributed by atoms with E-state index in [1.807, 2.05) is 12.1 Å². The molecule has 7 heteroatoms. The minimum atomic E-state index is -0.411. The van der Waals surface area contributed by atoms with Gasteiger partial charge in [0.2, 0.25) is 0 Å². The van der Waals surface area contributed by atoms with Crippen molar-refractivity contribution in [2.75, 3.05) is 11.9 Å². The number of carbonyl (C=O) groups is 1. The third-order valence-electron chi connectivity index (χ3n) is 2.79. The van der Waals surface area contributed by atoms with E-state index in [0.29, 0.717) is 22.6 Å². The zero-order valence-electron chi connectivity index (χ0n) is 11.6. The Labute approximate surface area is 142 Å². The van der Waals surface area contributed by atoms with Crippen LogP contribution < -0.4 is 10.1 Å². The van der Waals surface area contributed by atoms with Crippen LogP contribution in [-0.2, 0) is 4.79 Å². The summed E-state index contributed by atoms with van der Waals surface area (Å²) in [6, 6.07) is 13.0. The highest BCUT2D eigenvalue weighted by atomic mass is 35.5. The monoisotopic (exact) mass is 345 g/mol. The van der Waals surface area contributed by atoms with E-state index < -0.39 is 5.91 Å². The minimum absolute atomic E-state index is 0.248. The van der Waals surface area contributed by atoms with Gasteiger partial charge in [-0.3, -0.25) is 4.79 Å². The fourth-order valence-electron chi connectivity index (χ4n) is 1.71. The molecule has 2 aromatic carbocycles. The van der Waals surface area contributed by atoms with Crippen molar-refractivity contribution in [2.24, 2.45) is 0 Å². The van der Waals surface area contributed by atoms with Crippen molar-refractivity contribution in [3.63, 3.8) is 0 Å². The molecular formula is C16H9Cl2N3O2. The molecule has 0 aliphatic carbocycles. The molecule has 0 aliphatic heterocycles. The molecule has 0 radical (unpaired) electrons. The molecule has 0 aromatic heterocycles. The number of hydrogen-bond acceptors (Lipinski definition) is 4. The van der Waals surface area contributed by atoms with Crippen LogP contribution in [0, 0.1) is 22.7 Å². The molecule has 2 rings (SSSR count). The summed E-state index contributed by atoms with van der Waals surface area (Å²) >= 11 is 11.8. The summed E-state index contributed by atoms with van der Waals surface area (Å²) in [5, 5.41) is 20.6. The highest BCUT2D eigenvalue weighted by Gasteiger charge is 2.08. The number of nitriles is 2. The Kier molecular flexibility index (Phi) is 5.43. The predicted octanol–water partition coefficient (Wildman–Crippen LogP) is 3.75. The van der Waals surface area contributed by atoms with Gasteiger partial charge in [0.15, 0.2) is 6.61 Å². The highest BCUT2D eigenvalue weighted by Crippen LogP contribution is 2.25. The molecule has 5 nitrogen and oxygen atoms in total. The van der Waals surface area contributed by atoms with Crippen LogP contribution in [0.5, 0.6) is 5.75 Å². The van der Waals surface area contributed by atoms with E-state index in [1.54, 1.807) is 12.1 Å². The lowest BCUT2D eigenvalue weighted by atomic mass is 10.2. The van der Waals surface area contributed by atoms with Crippen molar-refractivity contribution in [3.8, 4) is 17.9 Å². The highest BCUT2D eigenvalue weighted by molar-refractivity contribution is 6.32. The van der Waals surface area contributed by atoms with Crippen LogP contribution in [0.2, 0.25) is 10.0 Å². The van der Waals surface area contributed by atoms with E-state index in [-0.39, 0.29) is 16.7 Å². The fraction of sp³-hybridized carbons (Fsp3) is 0.0625. The van der Waals surface area contributed by atoms with Crippen LogP contribution in [0.1, 0.15) is 11.1 Å². The molecule has 0 spiro atoms. The molecule has 0 saturated heterocycles. The third kappa shape index (κ3) is 4.37. The lowest BCUT2D eigenvalue weighted by molar-refractivity contribution is -0.118. The van der Waals surface area contributed by atoms with Gasteiger partial charge in [0.1, 0.15) is 11.8 Å². The van der Waals surface area contributed by atoms with E-state index in [2.05, 4.69) is 5.32 Å². The van der Waals surface area contributed by atoms with E-state index in [9.17, 15) is 4.79 Å². The Balaban J connectivity index is 1.97. The first-order chi connectivity index (χ1) is 11.0. The summed E-state index contributed by atoms with van der Waals surface area (Å²) in [5.74, 6) is -0.107. The van der Waals surface area contributed by atoms with Gasteiger partial charge in [-0.2, -0.15) is 10.5 Å². The van der Waals surface area contributed by atoms with Gasteiger partial charge in [-0.05, 0) is 36.4 Å². The fourth-order valence-corrected chi connectivity index (χ4v) is 2.17. The quantitative estimate of drug-likeness (QED) is 0.913. The SMILES string of the molecule is N#Cc1ccc(OCC(=O)Nc2ccc(C#N)c(Cl)c2)c(Cl)c1. The summed E-state index contributed by atoms with van der Waals surface area (Å²) in [7, 11) is 0. The van der Waals surface area contributed by atoms with Crippen molar-refractivity contribution in [1.29, 1.82) is 10.5 Å². The first-order valence-corrected chi connectivity index (χ1v) is 7.11. The molecular weight excluding hydrogens is 337 g/mol. The topological polar surface area (TPSA) is 85.9 Å². The average molecular weight is 346 g/mol. The van der Waals surface area contributed by atoms with Crippen LogP contribution in [0.3, 0.4) is 0 Å². The first-order valence-electron chi connectivity index (χ1n) is 6.35. The summed E-state index contributed by atoms with van der Waals surface area (Å²) in [4.78, 5) is 11.8. The molecule has 0 unspecified atom stereocenters. The minimum Gasteiger partial charge on any atom is -0.482 e. The molecule has 0 saturated carbocycles. The van der Waals surface area contributed by atoms with Gasteiger partial charge in [-0.25, -0.2) is 0 Å². The van der Waals surface area contributed by atoms with E-state index >= 15 is 0 Å². The lowest BCUT2D eigenvalue weighted by Gasteiger charge is -2.09. The van der Waals surface area contributed by atoms with Crippen LogP contribution in [0.4, 0.5) is 5.69 Å². The molecule has 1 amide bonds. The molecule has 114 valence electrons. The lowest BCUT2D eigenvalue weighted by Crippen LogP contribution is -2.20. The maximum Gasteiger partial charge on any atom is 0.262 e. The van der Waals surface area contributed by atoms with Crippen molar-refractivity contribution in [2.45, 2.75) is 0 Å². The van der Waals surface area contributed by atoms with Crippen LogP contribution in [0.15, 0.2) is 36.4 Å². The standard InChI is InChI=1S/C16H9Cl2N3O2/c17-13-6-12(3-2-11(13)8-20)21-16(22)9-23-15-4-1-10(7-19)5-14(15)18/h1-6H,9H2,(H,21,22). The number of nitrogens with zero attached hydrogens (tertiary/aromatic N) is 2. The van der Waals surface area contributed by atoms with Crippen molar-refractivity contribution < 1.29 is 9.53 Å². The Morgan fingerprint density at radius 3 is 2.48 bits per heavy atom. The Hall–Kier alpha value is -2.73. The maximum atomic E-state index is 11.8. The Bertz CT molecular complexity index is 838. The first kappa shape index (κ1) is 16.6. The van der Waals surface area contributed by atoms with Gasteiger partial charge < -0.3 is 10.1 Å². The number of amides is 1. The molecule has 0 aliphatic rings. The van der Waals surface area contributed by atoms with Crippen LogP contribution in [-0.4, -0.2) is 12.5 Å². The summed E-state index contributed by atoms with van der Waals surface area (Å²) in [6.45, 7) is -0.261. The average Bonchev–Trinajstić information content (AvgIpc) is 2.53. The second-order valence-corrected chi connectivity index (χ2v) is 5.21.